The minimum atomic E-state index is 0.0816. The predicted molar refractivity (Wildman–Crippen MR) is 88.6 cm³/mol. The maximum atomic E-state index is 6.38. The summed E-state index contributed by atoms with van der Waals surface area (Å²) in [6.45, 7) is 9.54. The van der Waals surface area contributed by atoms with Crippen LogP contribution in [-0.2, 0) is 0 Å². The Bertz CT molecular complexity index is 412. The summed E-state index contributed by atoms with van der Waals surface area (Å²) in [6.07, 6.45) is 4.41. The highest BCUT2D eigenvalue weighted by molar-refractivity contribution is 5.29. The van der Waals surface area contributed by atoms with E-state index >= 15 is 0 Å². The number of rotatable bonds is 8. The van der Waals surface area contributed by atoms with Gasteiger partial charge in [0.25, 0.3) is 0 Å². The Balaban J connectivity index is 1.87. The lowest BCUT2D eigenvalue weighted by Crippen LogP contribution is -2.37. The van der Waals surface area contributed by atoms with Crippen LogP contribution in [-0.4, -0.2) is 30.6 Å². The Morgan fingerprint density at radius 3 is 2.38 bits per heavy atom. The third-order valence-electron chi connectivity index (χ3n) is 4.32. The smallest absolute Gasteiger partial charge is 0.119 e. The normalized spacial score (nSPS) is 17.0. The van der Waals surface area contributed by atoms with Crippen LogP contribution in [0.4, 0.5) is 0 Å². The summed E-state index contributed by atoms with van der Waals surface area (Å²) in [6, 6.07) is 8.33. The third-order valence-corrected chi connectivity index (χ3v) is 4.32. The molecule has 0 aliphatic heterocycles. The lowest BCUT2D eigenvalue weighted by molar-refractivity contribution is 0.176. The molecule has 118 valence electrons. The monoisotopic (exact) mass is 290 g/mol. The van der Waals surface area contributed by atoms with Gasteiger partial charge in [-0.25, -0.2) is 0 Å². The number of nitrogens with zero attached hydrogens (tertiary/aromatic N) is 1. The van der Waals surface area contributed by atoms with E-state index in [0.29, 0.717) is 0 Å². The highest BCUT2D eigenvalue weighted by Gasteiger charge is 2.21. The molecule has 0 spiro atoms. The molecule has 0 heterocycles. The average Bonchev–Trinajstić information content (AvgIpc) is 2.41. The molecule has 1 unspecified atom stereocenters. The topological polar surface area (TPSA) is 38.5 Å². The van der Waals surface area contributed by atoms with Crippen LogP contribution < -0.4 is 10.5 Å². The fourth-order valence-corrected chi connectivity index (χ4v) is 2.82. The van der Waals surface area contributed by atoms with Gasteiger partial charge in [-0.05, 0) is 56.8 Å². The molecule has 0 bridgehead atoms. The lowest BCUT2D eigenvalue weighted by Gasteiger charge is -2.33. The minimum Gasteiger partial charge on any atom is -0.491 e. The number of benzene rings is 1. The van der Waals surface area contributed by atoms with Crippen molar-refractivity contribution in [3.8, 4) is 5.75 Å². The van der Waals surface area contributed by atoms with Gasteiger partial charge in [0.15, 0.2) is 0 Å². The maximum Gasteiger partial charge on any atom is 0.119 e. The minimum absolute atomic E-state index is 0.0816. The summed E-state index contributed by atoms with van der Waals surface area (Å²) in [5.74, 6) is 1.82. The van der Waals surface area contributed by atoms with Crippen molar-refractivity contribution in [2.24, 2.45) is 11.7 Å². The van der Waals surface area contributed by atoms with Crippen LogP contribution in [0.15, 0.2) is 24.3 Å². The second-order valence-corrected chi connectivity index (χ2v) is 6.49. The van der Waals surface area contributed by atoms with Crippen LogP contribution in [0.2, 0.25) is 0 Å². The molecule has 1 saturated carbocycles. The number of hydrogen-bond acceptors (Lipinski definition) is 3. The Morgan fingerprint density at radius 1 is 1.24 bits per heavy atom. The molecule has 1 aliphatic rings. The van der Waals surface area contributed by atoms with Crippen LogP contribution in [0, 0.1) is 5.92 Å². The quantitative estimate of drug-likeness (QED) is 0.795. The van der Waals surface area contributed by atoms with Crippen molar-refractivity contribution < 1.29 is 4.74 Å². The van der Waals surface area contributed by atoms with Crippen molar-refractivity contribution in [1.29, 1.82) is 0 Å². The van der Waals surface area contributed by atoms with Gasteiger partial charge in [-0.3, -0.25) is 0 Å². The van der Waals surface area contributed by atoms with E-state index in [1.807, 2.05) is 26.0 Å². The van der Waals surface area contributed by atoms with Crippen LogP contribution in [0.25, 0.3) is 0 Å². The fourth-order valence-electron chi connectivity index (χ4n) is 2.82. The largest absolute Gasteiger partial charge is 0.491 e. The van der Waals surface area contributed by atoms with E-state index in [-0.39, 0.29) is 12.1 Å². The molecular weight excluding hydrogens is 260 g/mol. The molecule has 1 fully saturated rings. The molecule has 1 aliphatic carbocycles. The fraction of sp³-hybridized carbons (Fsp3) is 0.667. The summed E-state index contributed by atoms with van der Waals surface area (Å²) in [5.41, 5.74) is 7.57. The van der Waals surface area contributed by atoms with Gasteiger partial charge >= 0.3 is 0 Å². The Kier molecular flexibility index (Phi) is 6.07. The van der Waals surface area contributed by atoms with Gasteiger partial charge in [0.1, 0.15) is 5.75 Å². The van der Waals surface area contributed by atoms with Crippen LogP contribution >= 0.6 is 0 Å². The SMILES string of the molecule is CCN(CC1CCC1)CC(N)c1ccc(OC(C)C)cc1. The molecule has 1 aromatic carbocycles. The first-order chi connectivity index (χ1) is 10.1. The van der Waals surface area contributed by atoms with E-state index < -0.39 is 0 Å². The summed E-state index contributed by atoms with van der Waals surface area (Å²) >= 11 is 0. The van der Waals surface area contributed by atoms with Gasteiger partial charge in [-0.2, -0.15) is 0 Å². The molecule has 0 aromatic heterocycles. The van der Waals surface area contributed by atoms with E-state index in [4.69, 9.17) is 10.5 Å². The summed E-state index contributed by atoms with van der Waals surface area (Å²) < 4.78 is 5.67. The third kappa shape index (κ3) is 5.01. The number of ether oxygens (including phenoxy) is 1. The van der Waals surface area contributed by atoms with Gasteiger partial charge in [0.2, 0.25) is 0 Å². The molecule has 2 rings (SSSR count). The van der Waals surface area contributed by atoms with E-state index in [2.05, 4.69) is 24.0 Å². The molecule has 0 saturated heterocycles. The molecule has 3 nitrogen and oxygen atoms in total. The first kappa shape index (κ1) is 16.3. The van der Waals surface area contributed by atoms with E-state index in [1.54, 1.807) is 0 Å². The first-order valence-electron chi connectivity index (χ1n) is 8.33. The molecule has 3 heteroatoms. The Morgan fingerprint density at radius 2 is 1.90 bits per heavy atom. The zero-order valence-corrected chi connectivity index (χ0v) is 13.7. The molecule has 0 amide bonds. The maximum absolute atomic E-state index is 6.38. The van der Waals surface area contributed by atoms with E-state index in [9.17, 15) is 0 Å². The zero-order chi connectivity index (χ0) is 15.2. The average molecular weight is 290 g/mol. The predicted octanol–water partition coefficient (Wildman–Crippen LogP) is 3.60. The van der Waals surface area contributed by atoms with E-state index in [0.717, 1.165) is 24.8 Å². The van der Waals surface area contributed by atoms with Gasteiger partial charge in [-0.15, -0.1) is 0 Å². The summed E-state index contributed by atoms with van der Waals surface area (Å²) in [4.78, 5) is 2.49. The van der Waals surface area contributed by atoms with E-state index in [1.165, 1.54) is 31.4 Å². The second kappa shape index (κ2) is 7.81. The Hall–Kier alpha value is -1.06. The molecule has 0 radical (unpaired) electrons. The first-order valence-corrected chi connectivity index (χ1v) is 8.33. The van der Waals surface area contributed by atoms with Crippen molar-refractivity contribution in [2.45, 2.75) is 52.2 Å². The van der Waals surface area contributed by atoms with Crippen LogP contribution in [0.5, 0.6) is 5.75 Å². The van der Waals surface area contributed by atoms with Gasteiger partial charge < -0.3 is 15.4 Å². The number of nitrogens with two attached hydrogens (primary N) is 1. The second-order valence-electron chi connectivity index (χ2n) is 6.49. The molecule has 1 aromatic rings. The van der Waals surface area contributed by atoms with Crippen molar-refractivity contribution in [1.82, 2.24) is 4.90 Å². The van der Waals surface area contributed by atoms with Crippen molar-refractivity contribution >= 4 is 0 Å². The number of likely N-dealkylation sites (N-methyl/N-ethyl adjacent to an activating group) is 1. The molecule has 21 heavy (non-hydrogen) atoms. The highest BCUT2D eigenvalue weighted by Crippen LogP contribution is 2.27. The molecule has 2 N–H and O–H groups in total. The Labute approximate surface area is 129 Å². The van der Waals surface area contributed by atoms with Gasteiger partial charge in [0, 0.05) is 19.1 Å². The van der Waals surface area contributed by atoms with Crippen molar-refractivity contribution in [3.05, 3.63) is 29.8 Å². The summed E-state index contributed by atoms with van der Waals surface area (Å²) in [5, 5.41) is 0. The van der Waals surface area contributed by atoms with Crippen LogP contribution in [0.1, 0.15) is 51.6 Å². The highest BCUT2D eigenvalue weighted by atomic mass is 16.5. The molecule has 1 atom stereocenters. The van der Waals surface area contributed by atoms with Gasteiger partial charge in [0.05, 0.1) is 6.10 Å². The molecular formula is C18H30N2O. The van der Waals surface area contributed by atoms with Crippen molar-refractivity contribution in [3.63, 3.8) is 0 Å². The standard InChI is InChI=1S/C18H30N2O/c1-4-20(12-15-6-5-7-15)13-18(19)16-8-10-17(11-9-16)21-14(2)3/h8-11,14-15,18H,4-7,12-13,19H2,1-3H3. The number of hydrogen-bond donors (Lipinski definition) is 1. The van der Waals surface area contributed by atoms with Crippen molar-refractivity contribution in [2.75, 3.05) is 19.6 Å². The summed E-state index contributed by atoms with van der Waals surface area (Å²) in [7, 11) is 0. The lowest BCUT2D eigenvalue weighted by atomic mass is 9.85. The zero-order valence-electron chi connectivity index (χ0n) is 13.7. The van der Waals surface area contributed by atoms with Gasteiger partial charge in [-0.1, -0.05) is 25.5 Å². The van der Waals surface area contributed by atoms with Crippen LogP contribution in [0.3, 0.4) is 0 Å².